The summed E-state index contributed by atoms with van der Waals surface area (Å²) in [6.07, 6.45) is 0. The number of anilines is 1. The van der Waals surface area contributed by atoms with E-state index in [1.807, 2.05) is 13.8 Å². The second-order valence-electron chi connectivity index (χ2n) is 4.82. The Hall–Kier alpha value is -1.38. The largest absolute Gasteiger partial charge is 0.392 e. The maximum atomic E-state index is 12.4. The zero-order chi connectivity index (χ0) is 15.8. The van der Waals surface area contributed by atoms with Crippen LogP contribution in [-0.2, 0) is 16.6 Å². The molecule has 2 aromatic rings. The predicted molar refractivity (Wildman–Crippen MR) is 83.7 cm³/mol. The number of nitrogens with one attached hydrogen (secondary N) is 2. The minimum Gasteiger partial charge on any atom is -0.392 e. The van der Waals surface area contributed by atoms with Crippen molar-refractivity contribution in [2.24, 2.45) is 0 Å². The molecule has 6 nitrogen and oxygen atoms in total. The first-order chi connectivity index (χ1) is 9.76. The Kier molecular flexibility index (Phi) is 4.40. The Labute approximate surface area is 131 Å². The van der Waals surface area contributed by atoms with Crippen molar-refractivity contribution >= 4 is 31.6 Å². The smallest absolute Gasteiger partial charge is 0.281 e. The molecule has 1 aromatic carbocycles. The molecule has 0 unspecified atom stereocenters. The standard InChI is InChI=1S/C13H16BrN3O3S/c1-7-4-10(5-8(2)12(7)14)17-21(19,20)13-11(6-18)9(3)15-16-13/h4-5,17-18H,6H2,1-3H3,(H,15,16). The van der Waals surface area contributed by atoms with Gasteiger partial charge < -0.3 is 5.11 Å². The van der Waals surface area contributed by atoms with Gasteiger partial charge in [0.25, 0.3) is 10.0 Å². The van der Waals surface area contributed by atoms with Crippen LogP contribution < -0.4 is 4.72 Å². The van der Waals surface area contributed by atoms with Crippen molar-refractivity contribution in [1.82, 2.24) is 10.2 Å². The second-order valence-corrected chi connectivity index (χ2v) is 7.21. The molecule has 0 amide bonds. The van der Waals surface area contributed by atoms with Crippen molar-refractivity contribution in [2.75, 3.05) is 4.72 Å². The molecule has 0 spiro atoms. The van der Waals surface area contributed by atoms with Crippen molar-refractivity contribution in [1.29, 1.82) is 0 Å². The SMILES string of the molecule is Cc1cc(NS(=O)(=O)c2n[nH]c(C)c2CO)cc(C)c1Br. The number of aliphatic hydroxyl groups excluding tert-OH is 1. The van der Waals surface area contributed by atoms with Gasteiger partial charge >= 0.3 is 0 Å². The Bertz CT molecular complexity index is 761. The average Bonchev–Trinajstić information content (AvgIpc) is 2.77. The molecule has 1 aromatic heterocycles. The molecule has 0 bridgehead atoms. The van der Waals surface area contributed by atoms with E-state index in [9.17, 15) is 13.5 Å². The Balaban J connectivity index is 2.42. The maximum Gasteiger partial charge on any atom is 0.281 e. The van der Waals surface area contributed by atoms with Gasteiger partial charge in [0.1, 0.15) is 0 Å². The van der Waals surface area contributed by atoms with Gasteiger partial charge in [-0.2, -0.15) is 13.5 Å². The molecule has 0 saturated carbocycles. The average molecular weight is 374 g/mol. The molecule has 0 fully saturated rings. The highest BCUT2D eigenvalue weighted by atomic mass is 79.9. The number of aliphatic hydroxyl groups is 1. The molecule has 0 atom stereocenters. The zero-order valence-corrected chi connectivity index (χ0v) is 14.3. The molecular formula is C13H16BrN3O3S. The summed E-state index contributed by atoms with van der Waals surface area (Å²) in [5, 5.41) is 15.5. The first-order valence-corrected chi connectivity index (χ1v) is 8.48. The van der Waals surface area contributed by atoms with E-state index in [2.05, 4.69) is 30.8 Å². The number of sulfonamides is 1. The van der Waals surface area contributed by atoms with Crippen LogP contribution in [-0.4, -0.2) is 23.7 Å². The van der Waals surface area contributed by atoms with Gasteiger partial charge in [-0.15, -0.1) is 0 Å². The van der Waals surface area contributed by atoms with Gasteiger partial charge in [-0.3, -0.25) is 9.82 Å². The van der Waals surface area contributed by atoms with Crippen molar-refractivity contribution in [2.45, 2.75) is 32.4 Å². The van der Waals surface area contributed by atoms with Gasteiger partial charge in [0, 0.05) is 21.4 Å². The fraction of sp³-hybridized carbons (Fsp3) is 0.308. The number of aromatic amines is 1. The lowest BCUT2D eigenvalue weighted by Gasteiger charge is -2.10. The summed E-state index contributed by atoms with van der Waals surface area (Å²) in [4.78, 5) is 0. The topological polar surface area (TPSA) is 95.1 Å². The molecule has 2 rings (SSSR count). The monoisotopic (exact) mass is 373 g/mol. The molecule has 1 heterocycles. The number of halogens is 1. The normalized spacial score (nSPS) is 11.7. The van der Waals surface area contributed by atoms with Gasteiger partial charge in [0.2, 0.25) is 5.03 Å². The highest BCUT2D eigenvalue weighted by Crippen LogP contribution is 2.27. The van der Waals surface area contributed by atoms with Crippen molar-refractivity contribution in [3.63, 3.8) is 0 Å². The highest BCUT2D eigenvalue weighted by molar-refractivity contribution is 9.10. The van der Waals surface area contributed by atoms with Crippen LogP contribution >= 0.6 is 15.9 Å². The van der Waals surface area contributed by atoms with E-state index >= 15 is 0 Å². The number of rotatable bonds is 4. The molecule has 0 aliphatic carbocycles. The van der Waals surface area contributed by atoms with Gasteiger partial charge in [-0.05, 0) is 44.0 Å². The summed E-state index contributed by atoms with van der Waals surface area (Å²) in [5.41, 5.74) is 3.11. The zero-order valence-electron chi connectivity index (χ0n) is 11.9. The molecule has 0 aliphatic heterocycles. The van der Waals surface area contributed by atoms with Crippen LogP contribution in [0, 0.1) is 20.8 Å². The Morgan fingerprint density at radius 1 is 1.29 bits per heavy atom. The third kappa shape index (κ3) is 3.12. The molecule has 21 heavy (non-hydrogen) atoms. The summed E-state index contributed by atoms with van der Waals surface area (Å²) < 4.78 is 28.2. The predicted octanol–water partition coefficient (Wildman–Crippen LogP) is 2.39. The lowest BCUT2D eigenvalue weighted by molar-refractivity contribution is 0.277. The molecular weight excluding hydrogens is 358 g/mol. The van der Waals surface area contributed by atoms with Crippen molar-refractivity contribution in [3.8, 4) is 0 Å². The number of benzene rings is 1. The fourth-order valence-corrected chi connectivity index (χ4v) is 3.51. The number of nitrogens with zero attached hydrogens (tertiary/aromatic N) is 1. The van der Waals surface area contributed by atoms with Crippen LogP contribution in [0.15, 0.2) is 21.6 Å². The third-order valence-electron chi connectivity index (χ3n) is 3.14. The lowest BCUT2D eigenvalue weighted by Crippen LogP contribution is -2.15. The number of hydrogen-bond acceptors (Lipinski definition) is 4. The van der Waals surface area contributed by atoms with E-state index in [-0.39, 0.29) is 10.6 Å². The van der Waals surface area contributed by atoms with Gasteiger partial charge in [-0.25, -0.2) is 0 Å². The summed E-state index contributed by atoms with van der Waals surface area (Å²) in [6, 6.07) is 3.46. The van der Waals surface area contributed by atoms with Crippen LogP contribution in [0.1, 0.15) is 22.4 Å². The Morgan fingerprint density at radius 3 is 2.38 bits per heavy atom. The first kappa shape index (κ1) is 16.0. The fourth-order valence-electron chi connectivity index (χ4n) is 2.05. The van der Waals surface area contributed by atoms with E-state index < -0.39 is 16.6 Å². The number of hydrogen-bond donors (Lipinski definition) is 3. The highest BCUT2D eigenvalue weighted by Gasteiger charge is 2.23. The van der Waals surface area contributed by atoms with Crippen molar-refractivity contribution < 1.29 is 13.5 Å². The van der Waals surface area contributed by atoms with E-state index in [1.165, 1.54) is 0 Å². The second kappa shape index (κ2) is 5.78. The van der Waals surface area contributed by atoms with E-state index in [0.29, 0.717) is 11.4 Å². The lowest BCUT2D eigenvalue weighted by atomic mass is 10.1. The van der Waals surface area contributed by atoms with E-state index in [4.69, 9.17) is 0 Å². The molecule has 3 N–H and O–H groups in total. The maximum absolute atomic E-state index is 12.4. The molecule has 8 heteroatoms. The summed E-state index contributed by atoms with van der Waals surface area (Å²) in [5.74, 6) is 0. The molecule has 114 valence electrons. The summed E-state index contributed by atoms with van der Waals surface area (Å²) in [6.45, 7) is 5.03. The number of aromatic nitrogens is 2. The van der Waals surface area contributed by atoms with Crippen LogP contribution in [0.4, 0.5) is 5.69 Å². The van der Waals surface area contributed by atoms with Crippen LogP contribution in [0.25, 0.3) is 0 Å². The van der Waals surface area contributed by atoms with Gasteiger partial charge in [0.15, 0.2) is 0 Å². The summed E-state index contributed by atoms with van der Waals surface area (Å²) >= 11 is 3.44. The minimum absolute atomic E-state index is 0.180. The van der Waals surface area contributed by atoms with Crippen molar-refractivity contribution in [3.05, 3.63) is 39.0 Å². The number of H-pyrrole nitrogens is 1. The number of aryl methyl sites for hydroxylation is 3. The Morgan fingerprint density at radius 2 is 1.86 bits per heavy atom. The van der Waals surface area contributed by atoms with Crippen LogP contribution in [0.3, 0.4) is 0 Å². The van der Waals surface area contributed by atoms with Gasteiger partial charge in [0.05, 0.1) is 6.61 Å². The van der Waals surface area contributed by atoms with E-state index in [0.717, 1.165) is 15.6 Å². The molecule has 0 aliphatic rings. The minimum atomic E-state index is -3.85. The quantitative estimate of drug-likeness (QED) is 0.766. The first-order valence-electron chi connectivity index (χ1n) is 6.20. The van der Waals surface area contributed by atoms with Crippen LogP contribution in [0.5, 0.6) is 0 Å². The third-order valence-corrected chi connectivity index (χ3v) is 5.74. The van der Waals surface area contributed by atoms with Gasteiger partial charge in [-0.1, -0.05) is 15.9 Å². The van der Waals surface area contributed by atoms with Crippen LogP contribution in [0.2, 0.25) is 0 Å². The summed E-state index contributed by atoms with van der Waals surface area (Å²) in [7, 11) is -3.85. The molecule has 0 radical (unpaired) electrons. The molecule has 0 saturated heterocycles. The van der Waals surface area contributed by atoms with E-state index in [1.54, 1.807) is 19.1 Å².